The molecular formula is C11H18O. The standard InChI is InChI=1S/C11H18O/c1-4-6-7-8-11(5-2)9-10-12-3/h4-8H,9-10H2,1-3H3/b6-4-,8-7-,11-5+. The fourth-order valence-electron chi connectivity index (χ4n) is 0.834. The van der Waals surface area contributed by atoms with Crippen LogP contribution < -0.4 is 0 Å². The molecule has 0 rings (SSSR count). The third kappa shape index (κ3) is 5.93. The molecule has 0 aromatic heterocycles. The zero-order valence-corrected chi connectivity index (χ0v) is 8.21. The first kappa shape index (κ1) is 11.2. The topological polar surface area (TPSA) is 9.23 Å². The molecule has 0 aromatic carbocycles. The largest absolute Gasteiger partial charge is 0.384 e. The Labute approximate surface area is 75.4 Å². The van der Waals surface area contributed by atoms with Crippen molar-refractivity contribution < 1.29 is 4.74 Å². The number of hydrogen-bond donors (Lipinski definition) is 0. The van der Waals surface area contributed by atoms with Gasteiger partial charge in [0.25, 0.3) is 0 Å². The van der Waals surface area contributed by atoms with Gasteiger partial charge in [0.15, 0.2) is 0 Å². The summed E-state index contributed by atoms with van der Waals surface area (Å²) in [6, 6.07) is 0. The van der Waals surface area contributed by atoms with Crippen molar-refractivity contribution >= 4 is 0 Å². The predicted octanol–water partition coefficient (Wildman–Crippen LogP) is 3.10. The zero-order valence-electron chi connectivity index (χ0n) is 8.21. The Hall–Kier alpha value is -0.820. The van der Waals surface area contributed by atoms with Crippen LogP contribution in [0.1, 0.15) is 20.3 Å². The Morgan fingerprint density at radius 3 is 2.50 bits per heavy atom. The summed E-state index contributed by atoms with van der Waals surface area (Å²) in [6.07, 6.45) is 11.3. The molecule has 1 heteroatoms. The summed E-state index contributed by atoms with van der Waals surface area (Å²) in [7, 11) is 1.73. The highest BCUT2D eigenvalue weighted by molar-refractivity contribution is 5.21. The molecule has 0 aliphatic rings. The van der Waals surface area contributed by atoms with E-state index in [0.29, 0.717) is 0 Å². The average Bonchev–Trinajstić information content (AvgIpc) is 2.11. The quantitative estimate of drug-likeness (QED) is 0.570. The van der Waals surface area contributed by atoms with Crippen molar-refractivity contribution in [3.8, 4) is 0 Å². The van der Waals surface area contributed by atoms with Gasteiger partial charge in [-0.2, -0.15) is 0 Å². The van der Waals surface area contributed by atoms with E-state index in [2.05, 4.69) is 12.2 Å². The highest BCUT2D eigenvalue weighted by atomic mass is 16.5. The van der Waals surface area contributed by atoms with E-state index in [-0.39, 0.29) is 0 Å². The van der Waals surface area contributed by atoms with Gasteiger partial charge in [-0.05, 0) is 20.3 Å². The lowest BCUT2D eigenvalue weighted by Gasteiger charge is -1.98. The fraction of sp³-hybridized carbons (Fsp3) is 0.455. The van der Waals surface area contributed by atoms with Crippen LogP contribution in [-0.2, 0) is 4.74 Å². The molecule has 68 valence electrons. The van der Waals surface area contributed by atoms with E-state index in [1.165, 1.54) is 5.57 Å². The summed E-state index contributed by atoms with van der Waals surface area (Å²) >= 11 is 0. The lowest BCUT2D eigenvalue weighted by atomic mass is 10.2. The highest BCUT2D eigenvalue weighted by Gasteiger charge is 1.88. The minimum atomic E-state index is 0.792. The van der Waals surface area contributed by atoms with E-state index >= 15 is 0 Å². The molecule has 0 N–H and O–H groups in total. The zero-order chi connectivity index (χ0) is 9.23. The van der Waals surface area contributed by atoms with Gasteiger partial charge in [0.1, 0.15) is 0 Å². The Balaban J connectivity index is 3.84. The molecule has 0 amide bonds. The average molecular weight is 166 g/mol. The SMILES string of the molecule is C\C=C/C=C\C(=C/C)CCOC. The molecule has 0 bridgehead atoms. The van der Waals surface area contributed by atoms with Gasteiger partial charge in [0, 0.05) is 7.11 Å². The number of methoxy groups -OCH3 is 1. The smallest absolute Gasteiger partial charge is 0.0502 e. The van der Waals surface area contributed by atoms with Crippen LogP contribution in [0.15, 0.2) is 36.0 Å². The molecule has 0 saturated carbocycles. The maximum Gasteiger partial charge on any atom is 0.0502 e. The van der Waals surface area contributed by atoms with Crippen LogP contribution in [0.5, 0.6) is 0 Å². The van der Waals surface area contributed by atoms with E-state index in [1.54, 1.807) is 7.11 Å². The summed E-state index contributed by atoms with van der Waals surface area (Å²) in [6.45, 7) is 4.85. The van der Waals surface area contributed by atoms with Gasteiger partial charge in [-0.15, -0.1) is 0 Å². The summed E-state index contributed by atoms with van der Waals surface area (Å²) in [5.41, 5.74) is 1.31. The van der Waals surface area contributed by atoms with Gasteiger partial charge >= 0.3 is 0 Å². The molecule has 1 nitrogen and oxygen atoms in total. The molecule has 0 saturated heterocycles. The monoisotopic (exact) mass is 166 g/mol. The number of allylic oxidation sites excluding steroid dienone is 5. The molecule has 0 heterocycles. The molecule has 0 spiro atoms. The number of rotatable bonds is 5. The van der Waals surface area contributed by atoms with E-state index in [9.17, 15) is 0 Å². The second-order valence-electron chi connectivity index (χ2n) is 2.49. The van der Waals surface area contributed by atoms with Crippen LogP contribution in [-0.4, -0.2) is 13.7 Å². The van der Waals surface area contributed by atoms with Gasteiger partial charge in [0.05, 0.1) is 6.61 Å². The first-order valence-corrected chi connectivity index (χ1v) is 4.28. The molecule has 0 aliphatic heterocycles. The van der Waals surface area contributed by atoms with Crippen molar-refractivity contribution in [1.29, 1.82) is 0 Å². The van der Waals surface area contributed by atoms with E-state index in [0.717, 1.165) is 13.0 Å². The molecule has 0 atom stereocenters. The molecule has 12 heavy (non-hydrogen) atoms. The molecule has 0 radical (unpaired) electrons. The van der Waals surface area contributed by atoms with Crippen LogP contribution >= 0.6 is 0 Å². The molecule has 0 aromatic rings. The minimum Gasteiger partial charge on any atom is -0.384 e. The van der Waals surface area contributed by atoms with Crippen molar-refractivity contribution in [2.45, 2.75) is 20.3 Å². The van der Waals surface area contributed by atoms with Crippen LogP contribution in [0, 0.1) is 0 Å². The van der Waals surface area contributed by atoms with Crippen molar-refractivity contribution in [3.05, 3.63) is 36.0 Å². The van der Waals surface area contributed by atoms with Gasteiger partial charge < -0.3 is 4.74 Å². The Bertz CT molecular complexity index is 175. The lowest BCUT2D eigenvalue weighted by Crippen LogP contribution is -1.89. The summed E-state index contributed by atoms with van der Waals surface area (Å²) in [5.74, 6) is 0. The summed E-state index contributed by atoms with van der Waals surface area (Å²) in [5, 5.41) is 0. The summed E-state index contributed by atoms with van der Waals surface area (Å²) in [4.78, 5) is 0. The Morgan fingerprint density at radius 2 is 2.00 bits per heavy atom. The molecule has 0 unspecified atom stereocenters. The third-order valence-electron chi connectivity index (χ3n) is 1.58. The maximum absolute atomic E-state index is 4.99. The van der Waals surface area contributed by atoms with Crippen molar-refractivity contribution in [2.24, 2.45) is 0 Å². The van der Waals surface area contributed by atoms with Crippen LogP contribution in [0.4, 0.5) is 0 Å². The number of hydrogen-bond acceptors (Lipinski definition) is 1. The molecule has 0 aliphatic carbocycles. The van der Waals surface area contributed by atoms with Crippen LogP contribution in [0.3, 0.4) is 0 Å². The summed E-state index contributed by atoms with van der Waals surface area (Å²) < 4.78 is 4.99. The Morgan fingerprint density at radius 1 is 1.25 bits per heavy atom. The molecule has 0 fully saturated rings. The van der Waals surface area contributed by atoms with Crippen LogP contribution in [0.25, 0.3) is 0 Å². The van der Waals surface area contributed by atoms with Crippen molar-refractivity contribution in [1.82, 2.24) is 0 Å². The Kier molecular flexibility index (Phi) is 7.71. The van der Waals surface area contributed by atoms with Gasteiger partial charge in [-0.3, -0.25) is 0 Å². The third-order valence-corrected chi connectivity index (χ3v) is 1.58. The number of ether oxygens (including phenoxy) is 1. The van der Waals surface area contributed by atoms with E-state index < -0.39 is 0 Å². The second-order valence-corrected chi connectivity index (χ2v) is 2.49. The van der Waals surface area contributed by atoms with Crippen molar-refractivity contribution in [2.75, 3.05) is 13.7 Å². The van der Waals surface area contributed by atoms with Gasteiger partial charge in [-0.25, -0.2) is 0 Å². The second kappa shape index (κ2) is 8.28. The predicted molar refractivity (Wildman–Crippen MR) is 54.2 cm³/mol. The first-order chi connectivity index (χ1) is 5.85. The van der Waals surface area contributed by atoms with Gasteiger partial charge in [-0.1, -0.05) is 36.0 Å². The normalized spacial score (nSPS) is 13.4. The maximum atomic E-state index is 4.99. The molecular weight excluding hydrogens is 148 g/mol. The van der Waals surface area contributed by atoms with E-state index in [1.807, 2.05) is 32.1 Å². The minimum absolute atomic E-state index is 0.792. The first-order valence-electron chi connectivity index (χ1n) is 4.28. The van der Waals surface area contributed by atoms with E-state index in [4.69, 9.17) is 4.74 Å². The van der Waals surface area contributed by atoms with Gasteiger partial charge in [0.2, 0.25) is 0 Å². The lowest BCUT2D eigenvalue weighted by molar-refractivity contribution is 0.203. The van der Waals surface area contributed by atoms with Crippen LogP contribution in [0.2, 0.25) is 0 Å². The van der Waals surface area contributed by atoms with Crippen molar-refractivity contribution in [3.63, 3.8) is 0 Å². The fourth-order valence-corrected chi connectivity index (χ4v) is 0.834. The highest BCUT2D eigenvalue weighted by Crippen LogP contribution is 2.02.